The molecule has 0 aromatic heterocycles. The van der Waals surface area contributed by atoms with E-state index in [9.17, 15) is 18.8 Å². The van der Waals surface area contributed by atoms with Crippen LogP contribution in [0.15, 0.2) is 22.7 Å². The minimum Gasteiger partial charge on any atom is -0.452 e. The zero-order valence-corrected chi connectivity index (χ0v) is 13.7. The van der Waals surface area contributed by atoms with E-state index < -0.39 is 30.3 Å². The van der Waals surface area contributed by atoms with Crippen molar-refractivity contribution in [2.24, 2.45) is 0 Å². The van der Waals surface area contributed by atoms with Crippen LogP contribution < -0.4 is 10.6 Å². The van der Waals surface area contributed by atoms with Gasteiger partial charge in [0.05, 0.1) is 5.56 Å². The monoisotopic (exact) mass is 374 g/mol. The van der Waals surface area contributed by atoms with Gasteiger partial charge >= 0.3 is 5.97 Å². The molecule has 0 saturated heterocycles. The highest BCUT2D eigenvalue weighted by Gasteiger charge is 2.18. The maximum Gasteiger partial charge on any atom is 0.341 e. The van der Waals surface area contributed by atoms with Gasteiger partial charge in [-0.05, 0) is 32.0 Å². The van der Waals surface area contributed by atoms with Crippen molar-refractivity contribution in [1.82, 2.24) is 10.6 Å². The van der Waals surface area contributed by atoms with Gasteiger partial charge in [0.2, 0.25) is 5.91 Å². The number of halogens is 2. The lowest BCUT2D eigenvalue weighted by molar-refractivity contribution is -0.130. The highest BCUT2D eigenvalue weighted by Crippen LogP contribution is 2.15. The summed E-state index contributed by atoms with van der Waals surface area (Å²) in [5, 5.41) is 4.90. The maximum absolute atomic E-state index is 13.5. The predicted octanol–water partition coefficient (Wildman–Crippen LogP) is 1.39. The van der Waals surface area contributed by atoms with E-state index in [1.165, 1.54) is 19.1 Å². The van der Waals surface area contributed by atoms with Crippen LogP contribution in [0.25, 0.3) is 0 Å². The molecule has 2 amide bonds. The van der Waals surface area contributed by atoms with Gasteiger partial charge in [-0.3, -0.25) is 9.59 Å². The second-order valence-corrected chi connectivity index (χ2v) is 5.30. The van der Waals surface area contributed by atoms with Crippen molar-refractivity contribution in [2.45, 2.75) is 19.9 Å². The number of hydrogen-bond donors (Lipinski definition) is 2. The molecule has 0 radical (unpaired) electrons. The number of benzene rings is 1. The molecule has 1 aromatic rings. The molecule has 8 heteroatoms. The summed E-state index contributed by atoms with van der Waals surface area (Å²) in [5.41, 5.74) is -0.271. The molecular weight excluding hydrogens is 359 g/mol. The van der Waals surface area contributed by atoms with Crippen LogP contribution in [0.2, 0.25) is 0 Å². The summed E-state index contributed by atoms with van der Waals surface area (Å²) < 4.78 is 18.7. The average molecular weight is 375 g/mol. The second-order valence-electron chi connectivity index (χ2n) is 4.38. The molecule has 0 aliphatic carbocycles. The Bertz CT molecular complexity index is 580. The van der Waals surface area contributed by atoms with E-state index in [0.717, 1.165) is 6.07 Å². The second kappa shape index (κ2) is 8.47. The lowest BCUT2D eigenvalue weighted by Crippen LogP contribution is -2.46. The Labute approximate surface area is 135 Å². The van der Waals surface area contributed by atoms with E-state index in [1.54, 1.807) is 6.92 Å². The van der Waals surface area contributed by atoms with Gasteiger partial charge < -0.3 is 15.4 Å². The largest absolute Gasteiger partial charge is 0.452 e. The normalized spacial score (nSPS) is 11.5. The van der Waals surface area contributed by atoms with Gasteiger partial charge in [-0.2, -0.15) is 0 Å². The van der Waals surface area contributed by atoms with E-state index in [1.807, 2.05) is 0 Å². The fourth-order valence-corrected chi connectivity index (χ4v) is 1.87. The molecule has 0 aliphatic rings. The third-order valence-corrected chi connectivity index (χ3v) is 3.10. The molecule has 0 fully saturated rings. The molecule has 120 valence electrons. The third-order valence-electron chi connectivity index (χ3n) is 2.61. The summed E-state index contributed by atoms with van der Waals surface area (Å²) in [7, 11) is 0. The van der Waals surface area contributed by atoms with Crippen molar-refractivity contribution < 1.29 is 23.5 Å². The molecule has 1 aromatic carbocycles. The van der Waals surface area contributed by atoms with Gasteiger partial charge in [-0.15, -0.1) is 0 Å². The van der Waals surface area contributed by atoms with E-state index in [-0.39, 0.29) is 11.5 Å². The molecule has 0 aliphatic heterocycles. The van der Waals surface area contributed by atoms with Crippen LogP contribution in [0.3, 0.4) is 0 Å². The minimum absolute atomic E-state index is 0.271. The van der Waals surface area contributed by atoms with Crippen molar-refractivity contribution in [3.05, 3.63) is 34.1 Å². The van der Waals surface area contributed by atoms with Gasteiger partial charge in [0.15, 0.2) is 6.61 Å². The number of likely N-dealkylation sites (N-methyl/N-ethyl adjacent to an activating group) is 1. The number of hydrogen-bond acceptors (Lipinski definition) is 4. The van der Waals surface area contributed by atoms with E-state index in [4.69, 9.17) is 4.74 Å². The number of rotatable bonds is 6. The Morgan fingerprint density at radius 1 is 1.36 bits per heavy atom. The van der Waals surface area contributed by atoms with Crippen molar-refractivity contribution in [1.29, 1.82) is 0 Å². The van der Waals surface area contributed by atoms with Crippen LogP contribution >= 0.6 is 15.9 Å². The number of amides is 2. The van der Waals surface area contributed by atoms with Crippen LogP contribution in [-0.2, 0) is 14.3 Å². The van der Waals surface area contributed by atoms with Crippen LogP contribution in [-0.4, -0.2) is 37.0 Å². The number of esters is 1. The van der Waals surface area contributed by atoms with Gasteiger partial charge in [-0.25, -0.2) is 9.18 Å². The molecule has 6 nitrogen and oxygen atoms in total. The number of nitrogens with one attached hydrogen (secondary N) is 2. The number of carbonyl (C=O) groups is 3. The fraction of sp³-hybridized carbons (Fsp3) is 0.357. The standard InChI is InChI=1S/C14H16BrFN2O4/c1-3-17-13(20)8(2)18-12(19)7-22-14(21)10-5-4-9(15)6-11(10)16/h4-6,8H,3,7H2,1-2H3,(H,17,20)(H,18,19)/t8-/m0/s1. The molecule has 0 spiro atoms. The molecular formula is C14H16BrFN2O4. The molecule has 0 saturated carbocycles. The molecule has 1 atom stereocenters. The minimum atomic E-state index is -0.953. The summed E-state index contributed by atoms with van der Waals surface area (Å²) >= 11 is 3.07. The van der Waals surface area contributed by atoms with Crippen LogP contribution in [0.5, 0.6) is 0 Å². The topological polar surface area (TPSA) is 84.5 Å². The Kier molecular flexibility index (Phi) is 6.97. The molecule has 2 N–H and O–H groups in total. The quantitative estimate of drug-likeness (QED) is 0.736. The molecule has 0 unspecified atom stereocenters. The summed E-state index contributed by atoms with van der Waals surface area (Å²) in [6, 6.07) is 3.09. The lowest BCUT2D eigenvalue weighted by atomic mass is 10.2. The first-order valence-electron chi connectivity index (χ1n) is 6.54. The van der Waals surface area contributed by atoms with Gasteiger partial charge in [0.25, 0.3) is 5.91 Å². The SMILES string of the molecule is CCNC(=O)[C@H](C)NC(=O)COC(=O)c1ccc(Br)cc1F. The van der Waals surface area contributed by atoms with Crippen molar-refractivity contribution in [3.63, 3.8) is 0 Å². The highest BCUT2D eigenvalue weighted by atomic mass is 79.9. The van der Waals surface area contributed by atoms with Gasteiger partial charge in [-0.1, -0.05) is 15.9 Å². The van der Waals surface area contributed by atoms with E-state index in [2.05, 4.69) is 26.6 Å². The summed E-state index contributed by atoms with van der Waals surface area (Å²) in [4.78, 5) is 34.7. The Morgan fingerprint density at radius 3 is 2.64 bits per heavy atom. The average Bonchev–Trinajstić information content (AvgIpc) is 2.45. The number of carbonyl (C=O) groups excluding carboxylic acids is 3. The fourth-order valence-electron chi connectivity index (χ4n) is 1.54. The van der Waals surface area contributed by atoms with Crippen molar-refractivity contribution in [2.75, 3.05) is 13.2 Å². The summed E-state index contributed by atoms with van der Waals surface area (Å²) in [5.74, 6) is -2.70. The Balaban J connectivity index is 2.50. The molecule has 0 bridgehead atoms. The third kappa shape index (κ3) is 5.44. The highest BCUT2D eigenvalue weighted by molar-refractivity contribution is 9.10. The predicted molar refractivity (Wildman–Crippen MR) is 80.7 cm³/mol. The first kappa shape index (κ1) is 18.1. The maximum atomic E-state index is 13.5. The summed E-state index contributed by atoms with van der Waals surface area (Å²) in [6.07, 6.45) is 0. The van der Waals surface area contributed by atoms with Crippen LogP contribution in [0.4, 0.5) is 4.39 Å². The lowest BCUT2D eigenvalue weighted by Gasteiger charge is -2.13. The van der Waals surface area contributed by atoms with E-state index in [0.29, 0.717) is 11.0 Å². The zero-order chi connectivity index (χ0) is 16.7. The Hall–Kier alpha value is -1.96. The first-order valence-corrected chi connectivity index (χ1v) is 7.33. The molecule has 1 rings (SSSR count). The smallest absolute Gasteiger partial charge is 0.341 e. The van der Waals surface area contributed by atoms with Crippen LogP contribution in [0, 0.1) is 5.82 Å². The number of ether oxygens (including phenoxy) is 1. The van der Waals surface area contributed by atoms with E-state index >= 15 is 0 Å². The van der Waals surface area contributed by atoms with Crippen LogP contribution in [0.1, 0.15) is 24.2 Å². The first-order chi connectivity index (χ1) is 10.3. The molecule has 22 heavy (non-hydrogen) atoms. The van der Waals surface area contributed by atoms with Gasteiger partial charge in [0.1, 0.15) is 11.9 Å². The van der Waals surface area contributed by atoms with Gasteiger partial charge in [0, 0.05) is 11.0 Å². The summed E-state index contributed by atoms with van der Waals surface area (Å²) in [6.45, 7) is 3.09. The van der Waals surface area contributed by atoms with Crippen molar-refractivity contribution >= 4 is 33.7 Å². The Morgan fingerprint density at radius 2 is 2.05 bits per heavy atom. The van der Waals surface area contributed by atoms with Crippen molar-refractivity contribution in [3.8, 4) is 0 Å². The zero-order valence-electron chi connectivity index (χ0n) is 12.1. The molecule has 0 heterocycles.